The van der Waals surface area contributed by atoms with Crippen LogP contribution in [-0.2, 0) is 20.7 Å². The van der Waals surface area contributed by atoms with Gasteiger partial charge in [0.1, 0.15) is 0 Å². The summed E-state index contributed by atoms with van der Waals surface area (Å²) in [6, 6.07) is 16.4. The van der Waals surface area contributed by atoms with E-state index in [1.54, 1.807) is 24.3 Å². The van der Waals surface area contributed by atoms with Crippen molar-refractivity contribution in [3.8, 4) is 0 Å². The van der Waals surface area contributed by atoms with E-state index in [0.717, 1.165) is 5.56 Å². The van der Waals surface area contributed by atoms with Gasteiger partial charge < -0.3 is 20.7 Å². The first kappa shape index (κ1) is 23.0. The third kappa shape index (κ3) is 8.40. The van der Waals surface area contributed by atoms with E-state index in [9.17, 15) is 14.4 Å². The smallest absolute Gasteiger partial charge is 0.306 e. The Balaban J connectivity index is 1.65. The highest BCUT2D eigenvalue weighted by Gasteiger charge is 2.10. The maximum Gasteiger partial charge on any atom is 0.306 e. The molecule has 2 amide bonds. The number of carbonyl (C=O) groups excluding carboxylic acids is 3. The zero-order valence-electron chi connectivity index (χ0n) is 16.8. The topological polar surface area (TPSA) is 96.5 Å². The van der Waals surface area contributed by atoms with Gasteiger partial charge in [-0.05, 0) is 49.0 Å². The van der Waals surface area contributed by atoms with Gasteiger partial charge in [0.25, 0.3) is 5.91 Å². The Hall–Kier alpha value is -3.26. The summed E-state index contributed by atoms with van der Waals surface area (Å²) in [6.45, 7) is 2.67. The average molecular weight is 428 g/mol. The second kappa shape index (κ2) is 12.3. The van der Waals surface area contributed by atoms with Crippen LogP contribution in [0.15, 0.2) is 54.6 Å². The van der Waals surface area contributed by atoms with Crippen molar-refractivity contribution in [2.75, 3.05) is 18.5 Å². The van der Waals surface area contributed by atoms with Gasteiger partial charge in [0.15, 0.2) is 5.11 Å². The normalized spacial score (nSPS) is 10.0. The van der Waals surface area contributed by atoms with Crippen LogP contribution in [0.4, 0.5) is 5.69 Å². The zero-order chi connectivity index (χ0) is 21.8. The second-order valence-electron chi connectivity index (χ2n) is 6.40. The Morgan fingerprint density at radius 1 is 0.967 bits per heavy atom. The highest BCUT2D eigenvalue weighted by Crippen LogP contribution is 2.09. The van der Waals surface area contributed by atoms with Crippen LogP contribution < -0.4 is 16.0 Å². The van der Waals surface area contributed by atoms with Crippen molar-refractivity contribution in [1.82, 2.24) is 10.6 Å². The molecule has 0 radical (unpaired) electrons. The van der Waals surface area contributed by atoms with E-state index >= 15 is 0 Å². The van der Waals surface area contributed by atoms with Gasteiger partial charge >= 0.3 is 5.97 Å². The standard InChI is InChI=1S/C22H25N3O4S/c1-2-23-21(28)17-8-10-18(11-9-17)24-22(30)25-19(26)12-13-20(27)29-15-14-16-6-4-3-5-7-16/h3-11H,2,12-15H2,1H3,(H,23,28)(H2,24,25,26,30). The molecule has 0 bridgehead atoms. The van der Waals surface area contributed by atoms with Gasteiger partial charge in [0.2, 0.25) is 5.91 Å². The Bertz CT molecular complexity index is 870. The van der Waals surface area contributed by atoms with Crippen LogP contribution in [0.3, 0.4) is 0 Å². The molecule has 2 rings (SSSR count). The number of hydrogen-bond acceptors (Lipinski definition) is 5. The third-order valence-corrected chi connectivity index (χ3v) is 4.25. The Labute approximate surface area is 181 Å². The number of amides is 2. The number of thiocarbonyl (C=S) groups is 1. The van der Waals surface area contributed by atoms with Crippen LogP contribution >= 0.6 is 12.2 Å². The minimum atomic E-state index is -0.430. The fourth-order valence-corrected chi connectivity index (χ4v) is 2.77. The monoisotopic (exact) mass is 427 g/mol. The van der Waals surface area contributed by atoms with E-state index in [1.807, 2.05) is 37.3 Å². The highest BCUT2D eigenvalue weighted by atomic mass is 32.1. The molecule has 0 spiro atoms. The minimum absolute atomic E-state index is 0.0233. The summed E-state index contributed by atoms with van der Waals surface area (Å²) in [5.41, 5.74) is 2.25. The molecule has 0 aromatic heterocycles. The van der Waals surface area contributed by atoms with E-state index in [1.165, 1.54) is 0 Å². The van der Waals surface area contributed by atoms with E-state index < -0.39 is 5.97 Å². The van der Waals surface area contributed by atoms with Crippen molar-refractivity contribution in [3.05, 3.63) is 65.7 Å². The fraction of sp³-hybridized carbons (Fsp3) is 0.273. The van der Waals surface area contributed by atoms with Crippen molar-refractivity contribution in [1.29, 1.82) is 0 Å². The molecule has 0 saturated carbocycles. The van der Waals surface area contributed by atoms with Crippen molar-refractivity contribution in [2.24, 2.45) is 0 Å². The van der Waals surface area contributed by atoms with Crippen LogP contribution in [0.25, 0.3) is 0 Å². The molecular weight excluding hydrogens is 402 g/mol. The molecule has 3 N–H and O–H groups in total. The fourth-order valence-electron chi connectivity index (χ4n) is 2.53. The summed E-state index contributed by atoms with van der Waals surface area (Å²) in [5.74, 6) is -0.969. The van der Waals surface area contributed by atoms with Gasteiger partial charge in [-0.2, -0.15) is 0 Å². The molecule has 0 atom stereocenters. The van der Waals surface area contributed by atoms with Crippen LogP contribution in [-0.4, -0.2) is 36.0 Å². The SMILES string of the molecule is CCNC(=O)c1ccc(NC(=S)NC(=O)CCC(=O)OCCc2ccccc2)cc1. The molecule has 0 saturated heterocycles. The summed E-state index contributed by atoms with van der Waals surface area (Å²) < 4.78 is 5.14. The number of ether oxygens (including phenoxy) is 1. The van der Waals surface area contributed by atoms with Crippen LogP contribution in [0.5, 0.6) is 0 Å². The maximum atomic E-state index is 12.0. The number of carbonyl (C=O) groups is 3. The van der Waals surface area contributed by atoms with Gasteiger partial charge in [-0.25, -0.2) is 0 Å². The lowest BCUT2D eigenvalue weighted by molar-refractivity contribution is -0.144. The highest BCUT2D eigenvalue weighted by molar-refractivity contribution is 7.80. The molecule has 0 aliphatic rings. The molecular formula is C22H25N3O4S. The van der Waals surface area contributed by atoms with E-state index in [-0.39, 0.29) is 36.4 Å². The Kier molecular flexibility index (Phi) is 9.47. The van der Waals surface area contributed by atoms with Crippen molar-refractivity contribution in [3.63, 3.8) is 0 Å². The van der Waals surface area contributed by atoms with Gasteiger partial charge in [-0.3, -0.25) is 14.4 Å². The van der Waals surface area contributed by atoms with Crippen molar-refractivity contribution < 1.29 is 19.1 Å². The Morgan fingerprint density at radius 3 is 2.33 bits per heavy atom. The van der Waals surface area contributed by atoms with Crippen molar-refractivity contribution in [2.45, 2.75) is 26.2 Å². The molecule has 2 aromatic rings. The lowest BCUT2D eigenvalue weighted by atomic mass is 10.2. The number of nitrogens with one attached hydrogen (secondary N) is 3. The van der Waals surface area contributed by atoms with Crippen LogP contribution in [0, 0.1) is 0 Å². The molecule has 0 aliphatic carbocycles. The summed E-state index contributed by atoms with van der Waals surface area (Å²) in [5, 5.41) is 8.21. The first-order chi connectivity index (χ1) is 14.5. The molecule has 158 valence electrons. The van der Waals surface area contributed by atoms with E-state index in [0.29, 0.717) is 24.2 Å². The molecule has 2 aromatic carbocycles. The average Bonchev–Trinajstić information content (AvgIpc) is 2.73. The zero-order valence-corrected chi connectivity index (χ0v) is 17.6. The predicted octanol–water partition coefficient (Wildman–Crippen LogP) is 2.82. The van der Waals surface area contributed by atoms with E-state index in [4.69, 9.17) is 17.0 Å². The molecule has 30 heavy (non-hydrogen) atoms. The number of rotatable bonds is 9. The third-order valence-electron chi connectivity index (χ3n) is 4.05. The number of benzene rings is 2. The van der Waals surface area contributed by atoms with E-state index in [2.05, 4.69) is 16.0 Å². The lowest BCUT2D eigenvalue weighted by Gasteiger charge is -2.10. The van der Waals surface area contributed by atoms with Gasteiger partial charge in [0, 0.05) is 30.6 Å². The van der Waals surface area contributed by atoms with Gasteiger partial charge in [-0.15, -0.1) is 0 Å². The summed E-state index contributed by atoms with van der Waals surface area (Å²) >= 11 is 5.10. The Morgan fingerprint density at radius 2 is 1.67 bits per heavy atom. The summed E-state index contributed by atoms with van der Waals surface area (Å²) in [4.78, 5) is 35.5. The first-order valence-corrected chi connectivity index (χ1v) is 10.1. The molecule has 7 nitrogen and oxygen atoms in total. The summed E-state index contributed by atoms with van der Waals surface area (Å²) in [6.07, 6.45) is 0.582. The van der Waals surface area contributed by atoms with Crippen LogP contribution in [0.1, 0.15) is 35.7 Å². The molecule has 0 unspecified atom stereocenters. The molecule has 8 heteroatoms. The first-order valence-electron chi connectivity index (χ1n) is 9.66. The molecule has 0 fully saturated rings. The quantitative estimate of drug-likeness (QED) is 0.421. The maximum absolute atomic E-state index is 12.0. The second-order valence-corrected chi connectivity index (χ2v) is 6.80. The van der Waals surface area contributed by atoms with Crippen molar-refractivity contribution >= 4 is 40.8 Å². The largest absolute Gasteiger partial charge is 0.465 e. The minimum Gasteiger partial charge on any atom is -0.465 e. The molecule has 0 aliphatic heterocycles. The number of anilines is 1. The van der Waals surface area contributed by atoms with Gasteiger partial charge in [-0.1, -0.05) is 30.3 Å². The lowest BCUT2D eigenvalue weighted by Crippen LogP contribution is -2.34. The predicted molar refractivity (Wildman–Crippen MR) is 119 cm³/mol. The number of esters is 1. The summed E-state index contributed by atoms with van der Waals surface area (Å²) in [7, 11) is 0. The number of hydrogen-bond donors (Lipinski definition) is 3. The van der Waals surface area contributed by atoms with Crippen LogP contribution in [0.2, 0.25) is 0 Å². The molecule has 0 heterocycles. The van der Waals surface area contributed by atoms with Gasteiger partial charge in [0.05, 0.1) is 13.0 Å².